The molecule has 0 bridgehead atoms. The molecule has 3 rings (SSSR count). The predicted octanol–water partition coefficient (Wildman–Crippen LogP) is 3.12. The minimum Gasteiger partial charge on any atom is -0.490 e. The van der Waals surface area contributed by atoms with Gasteiger partial charge in [-0.2, -0.15) is 0 Å². The molecule has 0 aromatic heterocycles. The molecule has 1 aliphatic carbocycles. The van der Waals surface area contributed by atoms with Crippen molar-refractivity contribution in [2.75, 3.05) is 13.2 Å². The average Bonchev–Trinajstić information content (AvgIpc) is 2.86. The first-order valence-corrected chi connectivity index (χ1v) is 7.86. The van der Waals surface area contributed by atoms with Crippen molar-refractivity contribution in [2.24, 2.45) is 0 Å². The van der Waals surface area contributed by atoms with Gasteiger partial charge in [-0.1, -0.05) is 25.7 Å². The largest absolute Gasteiger partial charge is 0.490 e. The van der Waals surface area contributed by atoms with Crippen LogP contribution in [0.1, 0.15) is 55.3 Å². The van der Waals surface area contributed by atoms with Crippen molar-refractivity contribution in [1.29, 1.82) is 0 Å². The van der Waals surface area contributed by atoms with E-state index < -0.39 is 5.60 Å². The van der Waals surface area contributed by atoms with Gasteiger partial charge in [-0.25, -0.2) is 0 Å². The van der Waals surface area contributed by atoms with Crippen LogP contribution in [0.3, 0.4) is 0 Å². The van der Waals surface area contributed by atoms with E-state index in [0.29, 0.717) is 43.1 Å². The lowest BCUT2D eigenvalue weighted by atomic mass is 9.86. The lowest BCUT2D eigenvalue weighted by Crippen LogP contribution is -2.38. The molecule has 1 aromatic rings. The van der Waals surface area contributed by atoms with Crippen LogP contribution in [0.5, 0.6) is 11.5 Å². The van der Waals surface area contributed by atoms with E-state index in [0.717, 1.165) is 32.1 Å². The zero-order valence-electron chi connectivity index (χ0n) is 12.3. The summed E-state index contributed by atoms with van der Waals surface area (Å²) in [7, 11) is 0. The quantitative estimate of drug-likeness (QED) is 0.671. The van der Waals surface area contributed by atoms with Gasteiger partial charge >= 0.3 is 0 Å². The van der Waals surface area contributed by atoms with Crippen LogP contribution in [0, 0.1) is 0 Å². The Balaban J connectivity index is 1.85. The smallest absolute Gasteiger partial charge is 0.194 e. The maximum atomic E-state index is 12.7. The molecule has 114 valence electrons. The highest BCUT2D eigenvalue weighted by molar-refractivity contribution is 6.02. The van der Waals surface area contributed by atoms with Gasteiger partial charge in [0, 0.05) is 12.0 Å². The number of ketones is 1. The molecule has 0 spiro atoms. The molecular formula is C17H22O4. The molecule has 1 fully saturated rings. The topological polar surface area (TPSA) is 55.8 Å². The summed E-state index contributed by atoms with van der Waals surface area (Å²) < 4.78 is 11.2. The molecule has 0 amide bonds. The maximum Gasteiger partial charge on any atom is 0.194 e. The van der Waals surface area contributed by atoms with Gasteiger partial charge in [0.25, 0.3) is 0 Å². The van der Waals surface area contributed by atoms with E-state index in [1.807, 2.05) is 0 Å². The van der Waals surface area contributed by atoms with Crippen molar-refractivity contribution in [3.8, 4) is 11.5 Å². The highest BCUT2D eigenvalue weighted by atomic mass is 16.5. The first-order valence-electron chi connectivity index (χ1n) is 7.86. The van der Waals surface area contributed by atoms with Crippen molar-refractivity contribution in [2.45, 2.75) is 50.5 Å². The van der Waals surface area contributed by atoms with E-state index in [1.54, 1.807) is 18.2 Å². The number of hydrogen-bond acceptors (Lipinski definition) is 4. The Morgan fingerprint density at radius 2 is 1.62 bits per heavy atom. The Morgan fingerprint density at radius 3 is 2.33 bits per heavy atom. The number of aliphatic hydroxyl groups is 1. The highest BCUT2D eigenvalue weighted by Crippen LogP contribution is 2.34. The minimum atomic E-state index is -1.21. The molecule has 0 saturated heterocycles. The van der Waals surface area contributed by atoms with E-state index in [1.165, 1.54) is 0 Å². The summed E-state index contributed by atoms with van der Waals surface area (Å²) in [6.45, 7) is 1.22. The summed E-state index contributed by atoms with van der Waals surface area (Å²) in [6.07, 6.45) is 5.95. The number of rotatable bonds is 2. The summed E-state index contributed by atoms with van der Waals surface area (Å²) >= 11 is 0. The molecule has 0 unspecified atom stereocenters. The van der Waals surface area contributed by atoms with Gasteiger partial charge < -0.3 is 14.6 Å². The Labute approximate surface area is 125 Å². The van der Waals surface area contributed by atoms with Crippen molar-refractivity contribution >= 4 is 5.78 Å². The van der Waals surface area contributed by atoms with Gasteiger partial charge in [-0.3, -0.25) is 4.79 Å². The second-order valence-corrected chi connectivity index (χ2v) is 5.99. The van der Waals surface area contributed by atoms with Gasteiger partial charge in [0.15, 0.2) is 17.3 Å². The minimum absolute atomic E-state index is 0.181. The van der Waals surface area contributed by atoms with Crippen molar-refractivity contribution in [3.63, 3.8) is 0 Å². The molecule has 0 atom stereocenters. The van der Waals surface area contributed by atoms with Crippen LogP contribution in [0.4, 0.5) is 0 Å². The second-order valence-electron chi connectivity index (χ2n) is 5.99. The summed E-state index contributed by atoms with van der Waals surface area (Å²) in [4.78, 5) is 12.7. The standard InChI is InChI=1S/C17H22O4/c18-16(17(19)8-3-1-2-4-9-17)13-6-7-14-15(12-13)21-11-5-10-20-14/h6-7,12,19H,1-5,8-11H2. The molecule has 1 aliphatic heterocycles. The fourth-order valence-corrected chi connectivity index (χ4v) is 3.11. The van der Waals surface area contributed by atoms with Crippen LogP contribution in [-0.2, 0) is 0 Å². The first-order chi connectivity index (χ1) is 10.2. The van der Waals surface area contributed by atoms with E-state index in [-0.39, 0.29) is 5.78 Å². The molecule has 1 heterocycles. The molecule has 2 aliphatic rings. The molecule has 4 heteroatoms. The SMILES string of the molecule is O=C(c1ccc2c(c1)OCCCO2)C1(O)CCCCCC1. The number of carbonyl (C=O) groups excluding carboxylic acids is 1. The van der Waals surface area contributed by atoms with E-state index in [4.69, 9.17) is 9.47 Å². The number of Topliss-reactive ketones (excluding diaryl/α,β-unsaturated/α-hetero) is 1. The number of benzene rings is 1. The van der Waals surface area contributed by atoms with E-state index in [9.17, 15) is 9.90 Å². The van der Waals surface area contributed by atoms with Crippen LogP contribution in [0.15, 0.2) is 18.2 Å². The van der Waals surface area contributed by atoms with Crippen LogP contribution in [0.2, 0.25) is 0 Å². The Kier molecular flexibility index (Phi) is 4.15. The fourth-order valence-electron chi connectivity index (χ4n) is 3.11. The lowest BCUT2D eigenvalue weighted by molar-refractivity contribution is 0.0238. The monoisotopic (exact) mass is 290 g/mol. The molecule has 4 nitrogen and oxygen atoms in total. The predicted molar refractivity (Wildman–Crippen MR) is 79.0 cm³/mol. The number of hydrogen-bond donors (Lipinski definition) is 1. The van der Waals surface area contributed by atoms with Crippen LogP contribution in [0.25, 0.3) is 0 Å². The molecule has 1 aromatic carbocycles. The number of ether oxygens (including phenoxy) is 2. The van der Waals surface area contributed by atoms with Gasteiger partial charge in [-0.05, 0) is 31.0 Å². The summed E-state index contributed by atoms with van der Waals surface area (Å²) in [5, 5.41) is 10.7. The fraction of sp³-hybridized carbons (Fsp3) is 0.588. The van der Waals surface area contributed by atoms with Gasteiger partial charge in [0.1, 0.15) is 5.60 Å². The Hall–Kier alpha value is -1.55. The molecule has 1 N–H and O–H groups in total. The third kappa shape index (κ3) is 3.05. The van der Waals surface area contributed by atoms with Gasteiger partial charge in [0.2, 0.25) is 0 Å². The van der Waals surface area contributed by atoms with Crippen molar-refractivity contribution in [3.05, 3.63) is 23.8 Å². The number of fused-ring (bicyclic) bond motifs is 1. The zero-order valence-corrected chi connectivity index (χ0v) is 12.3. The molecule has 21 heavy (non-hydrogen) atoms. The van der Waals surface area contributed by atoms with Crippen molar-refractivity contribution in [1.82, 2.24) is 0 Å². The van der Waals surface area contributed by atoms with Gasteiger partial charge in [-0.15, -0.1) is 0 Å². The molecule has 1 saturated carbocycles. The highest BCUT2D eigenvalue weighted by Gasteiger charge is 2.36. The third-order valence-electron chi connectivity index (χ3n) is 4.36. The van der Waals surface area contributed by atoms with Crippen LogP contribution >= 0.6 is 0 Å². The number of carbonyl (C=O) groups is 1. The van der Waals surface area contributed by atoms with E-state index >= 15 is 0 Å². The van der Waals surface area contributed by atoms with E-state index in [2.05, 4.69) is 0 Å². The van der Waals surface area contributed by atoms with Crippen LogP contribution in [-0.4, -0.2) is 29.7 Å². The normalized spacial score (nSPS) is 21.2. The lowest BCUT2D eigenvalue weighted by Gasteiger charge is -2.25. The summed E-state index contributed by atoms with van der Waals surface area (Å²) in [5.74, 6) is 1.10. The maximum absolute atomic E-state index is 12.7. The average molecular weight is 290 g/mol. The third-order valence-corrected chi connectivity index (χ3v) is 4.36. The second kappa shape index (κ2) is 6.06. The molecular weight excluding hydrogens is 268 g/mol. The van der Waals surface area contributed by atoms with Crippen LogP contribution < -0.4 is 9.47 Å². The van der Waals surface area contributed by atoms with Gasteiger partial charge in [0.05, 0.1) is 13.2 Å². The Bertz CT molecular complexity index is 516. The van der Waals surface area contributed by atoms with Crippen molar-refractivity contribution < 1.29 is 19.4 Å². The molecule has 0 radical (unpaired) electrons. The Morgan fingerprint density at radius 1 is 0.952 bits per heavy atom. The first kappa shape index (κ1) is 14.4. The summed E-state index contributed by atoms with van der Waals surface area (Å²) in [5.41, 5.74) is -0.695. The zero-order chi connectivity index (χ0) is 14.7. The summed E-state index contributed by atoms with van der Waals surface area (Å²) in [6, 6.07) is 5.22.